The zero-order valence-corrected chi connectivity index (χ0v) is 11.9. The third kappa shape index (κ3) is 2.58. The second kappa shape index (κ2) is 5.82. The maximum Gasteiger partial charge on any atom is 0.292 e. The summed E-state index contributed by atoms with van der Waals surface area (Å²) in [5.41, 5.74) is 0.125. The van der Waals surface area contributed by atoms with Crippen molar-refractivity contribution in [3.8, 4) is 0 Å². The van der Waals surface area contributed by atoms with Crippen LogP contribution >= 0.6 is 0 Å². The number of nitro groups is 1. The van der Waals surface area contributed by atoms with Crippen LogP contribution in [0.2, 0.25) is 0 Å². The van der Waals surface area contributed by atoms with Gasteiger partial charge in [0.25, 0.3) is 11.6 Å². The van der Waals surface area contributed by atoms with E-state index >= 15 is 0 Å². The molecular weight excluding hydrogens is 290 g/mol. The fourth-order valence-corrected chi connectivity index (χ4v) is 2.95. The smallest absolute Gasteiger partial charge is 0.292 e. The Balaban J connectivity index is 1.85. The Hall–Kier alpha value is -2.32. The predicted molar refractivity (Wildman–Crippen MR) is 75.5 cm³/mol. The van der Waals surface area contributed by atoms with Crippen LogP contribution in [0.1, 0.15) is 6.42 Å². The number of carbonyl (C=O) groups is 2. The van der Waals surface area contributed by atoms with E-state index in [0.717, 1.165) is 9.80 Å². The molecule has 0 aromatic heterocycles. The average Bonchev–Trinajstić information content (AvgIpc) is 2.83. The van der Waals surface area contributed by atoms with Gasteiger partial charge in [-0.2, -0.15) is 0 Å². The van der Waals surface area contributed by atoms with Crippen molar-refractivity contribution in [1.82, 2.24) is 0 Å². The molecule has 2 saturated heterocycles. The second-order valence-corrected chi connectivity index (χ2v) is 5.37. The number of morpholine rings is 1. The summed E-state index contributed by atoms with van der Waals surface area (Å²) in [7, 11) is 0. The van der Waals surface area contributed by atoms with Crippen molar-refractivity contribution in [1.29, 1.82) is 0 Å². The number of imide groups is 1. The van der Waals surface area contributed by atoms with Crippen LogP contribution in [-0.4, -0.2) is 49.1 Å². The number of ether oxygens (including phenoxy) is 1. The number of anilines is 1. The first-order chi connectivity index (χ1) is 10.6. The number of rotatable bonds is 3. The van der Waals surface area contributed by atoms with Crippen molar-refractivity contribution in [3.63, 3.8) is 0 Å². The van der Waals surface area contributed by atoms with Crippen LogP contribution in [0, 0.1) is 10.1 Å². The average molecular weight is 306 g/mol. The normalized spacial score (nSPS) is 23.1. The van der Waals surface area contributed by atoms with Crippen LogP contribution in [-0.2, 0) is 14.3 Å². The lowest BCUT2D eigenvalue weighted by atomic mass is 10.2. The van der Waals surface area contributed by atoms with Gasteiger partial charge in [-0.05, 0) is 6.07 Å². The Morgan fingerprint density at radius 2 is 2.00 bits per heavy atom. The topological polar surface area (TPSA) is 94.2 Å². The molecule has 2 aliphatic heterocycles. The zero-order valence-electron chi connectivity index (χ0n) is 11.9. The van der Waals surface area contributed by atoms with E-state index in [1.54, 1.807) is 6.07 Å². The molecule has 3 rings (SSSR count). The molecule has 0 bridgehead atoms. The van der Waals surface area contributed by atoms with E-state index in [1.165, 1.54) is 18.2 Å². The molecule has 8 heteroatoms. The highest BCUT2D eigenvalue weighted by Gasteiger charge is 2.46. The van der Waals surface area contributed by atoms with Gasteiger partial charge < -0.3 is 9.64 Å². The summed E-state index contributed by atoms with van der Waals surface area (Å²) < 4.78 is 5.27. The van der Waals surface area contributed by atoms with E-state index in [-0.39, 0.29) is 29.6 Å². The standard InChI is InChI=1S/C14H15N3O5/c18-13-9-12(15-4-6-22-7-5-15)14(19)16(13)10-2-1-3-11(8-10)17(20)21/h1-3,8,12H,4-7,9H2/p+1/t12-/m1/s1. The highest BCUT2D eigenvalue weighted by atomic mass is 16.6. The van der Waals surface area contributed by atoms with Crippen LogP contribution in [0.15, 0.2) is 24.3 Å². The summed E-state index contributed by atoms with van der Waals surface area (Å²) in [6.45, 7) is 2.52. The minimum absolute atomic E-state index is 0.136. The molecule has 0 aliphatic carbocycles. The van der Waals surface area contributed by atoms with Gasteiger partial charge in [0, 0.05) is 12.1 Å². The van der Waals surface area contributed by atoms with Gasteiger partial charge in [0.2, 0.25) is 5.91 Å². The van der Waals surface area contributed by atoms with Crippen LogP contribution in [0.4, 0.5) is 11.4 Å². The predicted octanol–water partition coefficient (Wildman–Crippen LogP) is -0.858. The number of nitrogens with one attached hydrogen (secondary N) is 1. The molecule has 0 unspecified atom stereocenters. The summed E-state index contributed by atoms with van der Waals surface area (Å²) in [6.07, 6.45) is 0.136. The maximum absolute atomic E-state index is 12.6. The monoisotopic (exact) mass is 306 g/mol. The minimum atomic E-state index is -0.542. The van der Waals surface area contributed by atoms with E-state index in [9.17, 15) is 19.7 Å². The molecular formula is C14H16N3O5+. The number of hydrogen-bond donors (Lipinski definition) is 1. The van der Waals surface area contributed by atoms with Crippen LogP contribution < -0.4 is 9.80 Å². The molecule has 22 heavy (non-hydrogen) atoms. The van der Waals surface area contributed by atoms with E-state index < -0.39 is 11.0 Å². The number of hydrogen-bond acceptors (Lipinski definition) is 5. The van der Waals surface area contributed by atoms with Gasteiger partial charge >= 0.3 is 0 Å². The third-order valence-electron chi connectivity index (χ3n) is 4.07. The summed E-state index contributed by atoms with van der Waals surface area (Å²) in [6, 6.07) is 5.19. The first-order valence-corrected chi connectivity index (χ1v) is 7.11. The Morgan fingerprint density at radius 3 is 2.68 bits per heavy atom. The molecule has 2 fully saturated rings. The largest absolute Gasteiger partial charge is 0.370 e. The molecule has 0 spiro atoms. The van der Waals surface area contributed by atoms with Crippen molar-refractivity contribution < 1.29 is 24.1 Å². The maximum atomic E-state index is 12.6. The van der Waals surface area contributed by atoms with Crippen LogP contribution in [0.3, 0.4) is 0 Å². The van der Waals surface area contributed by atoms with Gasteiger partial charge in [0.05, 0.1) is 30.2 Å². The lowest BCUT2D eigenvalue weighted by molar-refractivity contribution is -0.922. The summed E-state index contributed by atoms with van der Waals surface area (Å²) >= 11 is 0. The van der Waals surface area contributed by atoms with Gasteiger partial charge in [-0.15, -0.1) is 0 Å². The third-order valence-corrected chi connectivity index (χ3v) is 4.07. The molecule has 1 N–H and O–H groups in total. The van der Waals surface area contributed by atoms with E-state index in [1.807, 2.05) is 0 Å². The van der Waals surface area contributed by atoms with E-state index in [2.05, 4.69) is 0 Å². The highest BCUT2D eigenvalue weighted by Crippen LogP contribution is 2.25. The SMILES string of the molecule is O=C1C[C@@H]([NH+]2CCOCC2)C(=O)N1c1cccc([N+](=O)[O-])c1. The number of amides is 2. The first kappa shape index (κ1) is 14.6. The molecule has 2 heterocycles. The van der Waals surface area contributed by atoms with E-state index in [0.29, 0.717) is 26.3 Å². The molecule has 1 aromatic rings. The van der Waals surface area contributed by atoms with Crippen LogP contribution in [0.5, 0.6) is 0 Å². The second-order valence-electron chi connectivity index (χ2n) is 5.37. The Bertz CT molecular complexity index is 627. The quantitative estimate of drug-likeness (QED) is 0.445. The first-order valence-electron chi connectivity index (χ1n) is 7.11. The molecule has 2 amide bonds. The van der Waals surface area contributed by atoms with Gasteiger partial charge in [0.1, 0.15) is 13.1 Å². The van der Waals surface area contributed by atoms with Gasteiger partial charge in [-0.1, -0.05) is 6.07 Å². The number of carbonyl (C=O) groups excluding carboxylic acids is 2. The highest BCUT2D eigenvalue weighted by molar-refractivity contribution is 6.22. The van der Waals surface area contributed by atoms with E-state index in [4.69, 9.17) is 4.74 Å². The number of benzene rings is 1. The summed E-state index contributed by atoms with van der Waals surface area (Å²) in [5.74, 6) is -0.600. The molecule has 0 saturated carbocycles. The van der Waals surface area contributed by atoms with Gasteiger partial charge in [-0.3, -0.25) is 19.7 Å². The minimum Gasteiger partial charge on any atom is -0.370 e. The molecule has 1 atom stereocenters. The number of quaternary nitrogens is 1. The molecule has 1 aromatic carbocycles. The van der Waals surface area contributed by atoms with Gasteiger partial charge in [-0.25, -0.2) is 4.90 Å². The van der Waals surface area contributed by atoms with Crippen molar-refractivity contribution in [3.05, 3.63) is 34.4 Å². The van der Waals surface area contributed by atoms with Crippen LogP contribution in [0.25, 0.3) is 0 Å². The summed E-state index contributed by atoms with van der Waals surface area (Å²) in [5, 5.41) is 10.8. The Morgan fingerprint density at radius 1 is 1.27 bits per heavy atom. The van der Waals surface area contributed by atoms with Gasteiger partial charge in [0.15, 0.2) is 6.04 Å². The lowest BCUT2D eigenvalue weighted by Gasteiger charge is -2.27. The molecule has 8 nitrogen and oxygen atoms in total. The number of non-ortho nitro benzene ring substituents is 1. The Kier molecular flexibility index (Phi) is 3.86. The van der Waals surface area contributed by atoms with Crippen molar-refractivity contribution >= 4 is 23.2 Å². The van der Waals surface area contributed by atoms with Crippen molar-refractivity contribution in [2.24, 2.45) is 0 Å². The number of nitro benzene ring substituents is 1. The fraction of sp³-hybridized carbons (Fsp3) is 0.429. The molecule has 116 valence electrons. The lowest BCUT2D eigenvalue weighted by Crippen LogP contribution is -3.18. The molecule has 0 radical (unpaired) electrons. The summed E-state index contributed by atoms with van der Waals surface area (Å²) in [4.78, 5) is 37.2. The van der Waals surface area contributed by atoms with Crippen molar-refractivity contribution in [2.75, 3.05) is 31.2 Å². The number of nitrogens with zero attached hydrogens (tertiary/aromatic N) is 2. The zero-order chi connectivity index (χ0) is 15.7. The fourth-order valence-electron chi connectivity index (χ4n) is 2.95. The Labute approximate surface area is 126 Å². The molecule has 2 aliphatic rings. The van der Waals surface area contributed by atoms with Crippen molar-refractivity contribution in [2.45, 2.75) is 12.5 Å².